The van der Waals surface area contributed by atoms with Crippen molar-refractivity contribution in [2.45, 2.75) is 32.2 Å². The van der Waals surface area contributed by atoms with E-state index in [0.29, 0.717) is 11.4 Å². The minimum atomic E-state index is -0.341. The molecule has 8 heteroatoms. The molecule has 0 aliphatic heterocycles. The predicted octanol–water partition coefficient (Wildman–Crippen LogP) is 3.30. The number of halogens is 2. The Morgan fingerprint density at radius 3 is 2.48 bits per heavy atom. The average molecular weight is 377 g/mol. The molecule has 0 saturated heterocycles. The highest BCUT2D eigenvalue weighted by Crippen LogP contribution is 2.24. The van der Waals surface area contributed by atoms with Crippen LogP contribution in [-0.4, -0.2) is 28.0 Å². The van der Waals surface area contributed by atoms with Crippen molar-refractivity contribution in [2.24, 2.45) is 5.73 Å². The molecule has 23 heavy (non-hydrogen) atoms. The van der Waals surface area contributed by atoms with E-state index in [1.807, 2.05) is 32.0 Å². The summed E-state index contributed by atoms with van der Waals surface area (Å²) in [6.45, 7) is 4.49. The summed E-state index contributed by atoms with van der Waals surface area (Å²) in [6.07, 6.45) is 4.91. The Morgan fingerprint density at radius 1 is 1.26 bits per heavy atom. The number of carbonyl (C=O) groups is 1. The SMILES string of the molecule is CCC(CC)(CN)NC(=O)c1cnc(-c2ccccn2)s1.Cl.Cl. The topological polar surface area (TPSA) is 80.9 Å². The standard InChI is InChI=1S/C15H20N4OS.2ClH/c1-3-15(4-2,10-16)19-13(20)12-9-18-14(21-12)11-7-5-6-8-17-11;;/h5-9H,3-4,10,16H2,1-2H3,(H,19,20);2*1H. The van der Waals surface area contributed by atoms with Crippen LogP contribution in [0.25, 0.3) is 10.7 Å². The second-order valence-corrected chi connectivity index (χ2v) is 5.92. The van der Waals surface area contributed by atoms with E-state index in [-0.39, 0.29) is 36.3 Å². The summed E-state index contributed by atoms with van der Waals surface area (Å²) in [7, 11) is 0. The monoisotopic (exact) mass is 376 g/mol. The number of aromatic nitrogens is 2. The van der Waals surface area contributed by atoms with E-state index in [9.17, 15) is 4.79 Å². The molecule has 0 aliphatic rings. The zero-order valence-electron chi connectivity index (χ0n) is 13.1. The minimum absolute atomic E-state index is 0. The van der Waals surface area contributed by atoms with E-state index >= 15 is 0 Å². The van der Waals surface area contributed by atoms with E-state index in [2.05, 4.69) is 15.3 Å². The van der Waals surface area contributed by atoms with Gasteiger partial charge in [-0.25, -0.2) is 4.98 Å². The third-order valence-electron chi connectivity index (χ3n) is 3.74. The van der Waals surface area contributed by atoms with Crippen molar-refractivity contribution < 1.29 is 4.79 Å². The number of rotatable bonds is 6. The number of nitrogens with one attached hydrogen (secondary N) is 1. The summed E-state index contributed by atoms with van der Waals surface area (Å²) < 4.78 is 0. The molecule has 0 atom stereocenters. The Labute approximate surface area is 152 Å². The number of hydrogen-bond acceptors (Lipinski definition) is 5. The van der Waals surface area contributed by atoms with Crippen LogP contribution in [0, 0.1) is 0 Å². The van der Waals surface area contributed by atoms with E-state index in [1.54, 1.807) is 12.4 Å². The van der Waals surface area contributed by atoms with Crippen LogP contribution in [0.3, 0.4) is 0 Å². The average Bonchev–Trinajstić information content (AvgIpc) is 3.04. The first kappa shape index (κ1) is 21.8. The van der Waals surface area contributed by atoms with Gasteiger partial charge in [-0.15, -0.1) is 36.2 Å². The maximum Gasteiger partial charge on any atom is 0.263 e. The van der Waals surface area contributed by atoms with Crippen LogP contribution in [0.5, 0.6) is 0 Å². The first-order chi connectivity index (χ1) is 10.1. The number of nitrogens with zero attached hydrogens (tertiary/aromatic N) is 2. The highest BCUT2D eigenvalue weighted by molar-refractivity contribution is 7.16. The lowest BCUT2D eigenvalue weighted by Gasteiger charge is -2.31. The molecular weight excluding hydrogens is 355 g/mol. The van der Waals surface area contributed by atoms with Gasteiger partial charge in [0.25, 0.3) is 5.91 Å². The number of hydrogen-bond donors (Lipinski definition) is 2. The fraction of sp³-hybridized carbons (Fsp3) is 0.400. The van der Waals surface area contributed by atoms with Gasteiger partial charge < -0.3 is 11.1 Å². The van der Waals surface area contributed by atoms with E-state index in [1.165, 1.54) is 11.3 Å². The molecule has 128 valence electrons. The second kappa shape index (κ2) is 9.82. The predicted molar refractivity (Wildman–Crippen MR) is 99.7 cm³/mol. The lowest BCUT2D eigenvalue weighted by atomic mass is 9.93. The molecule has 2 aromatic heterocycles. The van der Waals surface area contributed by atoms with E-state index in [4.69, 9.17) is 5.73 Å². The molecule has 2 rings (SSSR count). The van der Waals surface area contributed by atoms with Gasteiger partial charge in [0.15, 0.2) is 0 Å². The first-order valence-corrected chi connectivity index (χ1v) is 7.85. The lowest BCUT2D eigenvalue weighted by molar-refractivity contribution is 0.0899. The van der Waals surface area contributed by atoms with Gasteiger partial charge in [-0.1, -0.05) is 19.9 Å². The molecule has 3 N–H and O–H groups in total. The van der Waals surface area contributed by atoms with Crippen molar-refractivity contribution in [1.82, 2.24) is 15.3 Å². The summed E-state index contributed by atoms with van der Waals surface area (Å²) in [5.74, 6) is -0.121. The zero-order valence-corrected chi connectivity index (χ0v) is 15.6. The van der Waals surface area contributed by atoms with Crippen molar-refractivity contribution in [3.05, 3.63) is 35.5 Å². The second-order valence-electron chi connectivity index (χ2n) is 4.89. The van der Waals surface area contributed by atoms with Crippen LogP contribution in [0.15, 0.2) is 30.6 Å². The third-order valence-corrected chi connectivity index (χ3v) is 4.76. The van der Waals surface area contributed by atoms with Gasteiger partial charge >= 0.3 is 0 Å². The summed E-state index contributed by atoms with van der Waals surface area (Å²) >= 11 is 1.34. The Hall–Kier alpha value is -1.21. The minimum Gasteiger partial charge on any atom is -0.345 e. The fourth-order valence-corrected chi connectivity index (χ4v) is 2.84. The van der Waals surface area contributed by atoms with Crippen LogP contribution in [0.4, 0.5) is 0 Å². The largest absolute Gasteiger partial charge is 0.345 e. The molecule has 0 aromatic carbocycles. The van der Waals surface area contributed by atoms with Gasteiger partial charge in [0.2, 0.25) is 0 Å². The van der Waals surface area contributed by atoms with Crippen LogP contribution in [-0.2, 0) is 0 Å². The van der Waals surface area contributed by atoms with Gasteiger partial charge in [-0.3, -0.25) is 9.78 Å². The molecule has 1 amide bonds. The molecule has 0 unspecified atom stereocenters. The molecule has 2 heterocycles. The van der Waals surface area contributed by atoms with Gasteiger partial charge in [0.1, 0.15) is 9.88 Å². The van der Waals surface area contributed by atoms with Gasteiger partial charge in [0, 0.05) is 12.7 Å². The van der Waals surface area contributed by atoms with Gasteiger partial charge in [-0.2, -0.15) is 0 Å². The lowest BCUT2D eigenvalue weighted by Crippen LogP contribution is -2.52. The van der Waals surface area contributed by atoms with Crippen molar-refractivity contribution in [3.8, 4) is 10.7 Å². The van der Waals surface area contributed by atoms with Crippen molar-refractivity contribution in [2.75, 3.05) is 6.54 Å². The summed E-state index contributed by atoms with van der Waals surface area (Å²) in [5, 5.41) is 3.79. The molecular formula is C15H22Cl2N4OS. The molecule has 2 aromatic rings. The molecule has 0 bridgehead atoms. The van der Waals surface area contributed by atoms with Gasteiger partial charge in [0.05, 0.1) is 17.4 Å². The number of carbonyl (C=O) groups excluding carboxylic acids is 1. The van der Waals surface area contributed by atoms with Crippen molar-refractivity contribution >= 4 is 42.1 Å². The quantitative estimate of drug-likeness (QED) is 0.810. The maximum atomic E-state index is 12.4. The first-order valence-electron chi connectivity index (χ1n) is 7.04. The highest BCUT2D eigenvalue weighted by Gasteiger charge is 2.27. The van der Waals surface area contributed by atoms with Crippen molar-refractivity contribution in [1.29, 1.82) is 0 Å². The Balaban J connectivity index is 0.00000242. The third kappa shape index (κ3) is 5.14. The van der Waals surface area contributed by atoms with E-state index < -0.39 is 0 Å². The molecule has 0 aliphatic carbocycles. The Kier molecular flexibility index (Phi) is 9.31. The molecule has 0 radical (unpaired) electrons. The molecule has 5 nitrogen and oxygen atoms in total. The highest BCUT2D eigenvalue weighted by atomic mass is 35.5. The fourth-order valence-electron chi connectivity index (χ4n) is 2.06. The van der Waals surface area contributed by atoms with Crippen LogP contribution < -0.4 is 11.1 Å². The number of nitrogens with two attached hydrogens (primary N) is 1. The summed E-state index contributed by atoms with van der Waals surface area (Å²) in [4.78, 5) is 21.5. The number of pyridine rings is 1. The zero-order chi connectivity index (χ0) is 15.3. The smallest absolute Gasteiger partial charge is 0.263 e. The Bertz CT molecular complexity index is 594. The molecule has 0 fully saturated rings. The number of thiazole rings is 1. The van der Waals surface area contributed by atoms with Gasteiger partial charge in [-0.05, 0) is 25.0 Å². The van der Waals surface area contributed by atoms with Crippen LogP contribution in [0.2, 0.25) is 0 Å². The molecule has 0 saturated carbocycles. The normalized spacial score (nSPS) is 10.4. The van der Waals surface area contributed by atoms with Crippen LogP contribution >= 0.6 is 36.2 Å². The summed E-state index contributed by atoms with van der Waals surface area (Å²) in [5.41, 5.74) is 6.25. The molecule has 0 spiro atoms. The van der Waals surface area contributed by atoms with E-state index in [0.717, 1.165) is 23.5 Å². The van der Waals surface area contributed by atoms with Crippen molar-refractivity contribution in [3.63, 3.8) is 0 Å². The maximum absolute atomic E-state index is 12.4. The Morgan fingerprint density at radius 2 is 1.96 bits per heavy atom. The summed E-state index contributed by atoms with van der Waals surface area (Å²) in [6, 6.07) is 5.63. The van der Waals surface area contributed by atoms with Crippen LogP contribution in [0.1, 0.15) is 36.4 Å². The number of amides is 1.